The monoisotopic (exact) mass is 298 g/mol. The van der Waals surface area contributed by atoms with Crippen molar-refractivity contribution in [1.82, 2.24) is 0 Å². The van der Waals surface area contributed by atoms with Gasteiger partial charge in [-0.1, -0.05) is 0 Å². The highest BCUT2D eigenvalue weighted by Crippen LogP contribution is 2.23. The lowest BCUT2D eigenvalue weighted by Crippen LogP contribution is -2.27. The quantitative estimate of drug-likeness (QED) is 0.638. The Balaban J connectivity index is 2.27. The minimum absolute atomic E-state index is 0.130. The molecule has 7 heteroatoms. The number of hydrogen-bond donors (Lipinski definition) is 1. The number of carbonyl (C=O) groups excluding carboxylic acids is 1. The van der Waals surface area contributed by atoms with E-state index in [2.05, 4.69) is 4.74 Å². The van der Waals surface area contributed by atoms with Crippen molar-refractivity contribution in [2.45, 2.75) is 6.42 Å². The van der Waals surface area contributed by atoms with E-state index in [-0.39, 0.29) is 11.5 Å². The van der Waals surface area contributed by atoms with E-state index in [0.717, 1.165) is 5.69 Å². The van der Waals surface area contributed by atoms with Crippen LogP contribution in [0, 0.1) is 0 Å². The zero-order chi connectivity index (χ0) is 14.8. The van der Waals surface area contributed by atoms with Gasteiger partial charge in [0, 0.05) is 24.5 Å². The van der Waals surface area contributed by atoms with Crippen molar-refractivity contribution < 1.29 is 17.9 Å². The predicted octanol–water partition coefficient (Wildman–Crippen LogP) is 0.680. The van der Waals surface area contributed by atoms with Gasteiger partial charge in [0.25, 0.3) is 0 Å². The average molecular weight is 298 g/mol. The number of ether oxygens (including phenoxy) is 1. The van der Waals surface area contributed by atoms with Crippen molar-refractivity contribution in [2.24, 2.45) is 0 Å². The van der Waals surface area contributed by atoms with E-state index in [0.29, 0.717) is 30.8 Å². The second-order valence-corrected chi connectivity index (χ2v) is 7.06. The van der Waals surface area contributed by atoms with Crippen LogP contribution in [0.2, 0.25) is 0 Å². The van der Waals surface area contributed by atoms with Gasteiger partial charge in [0.1, 0.15) is 0 Å². The summed E-state index contributed by atoms with van der Waals surface area (Å²) >= 11 is 0. The molecule has 1 saturated heterocycles. The summed E-state index contributed by atoms with van der Waals surface area (Å²) in [6, 6.07) is 5.08. The van der Waals surface area contributed by atoms with Crippen LogP contribution in [0.5, 0.6) is 0 Å². The molecule has 6 nitrogen and oxygen atoms in total. The second-order valence-electron chi connectivity index (χ2n) is 4.76. The molecule has 0 unspecified atom stereocenters. The number of nitrogen functional groups attached to an aromatic ring is 1. The van der Waals surface area contributed by atoms with Crippen LogP contribution in [0.1, 0.15) is 16.8 Å². The molecular weight excluding hydrogens is 280 g/mol. The van der Waals surface area contributed by atoms with Gasteiger partial charge in [0.05, 0.1) is 24.2 Å². The minimum atomic E-state index is -2.96. The summed E-state index contributed by atoms with van der Waals surface area (Å²) in [5.41, 5.74) is 7.20. The van der Waals surface area contributed by atoms with Crippen molar-refractivity contribution in [3.05, 3.63) is 23.8 Å². The smallest absolute Gasteiger partial charge is 0.340 e. The third-order valence-electron chi connectivity index (χ3n) is 3.36. The van der Waals surface area contributed by atoms with Crippen LogP contribution in [0.3, 0.4) is 0 Å². The van der Waals surface area contributed by atoms with Gasteiger partial charge in [-0.05, 0) is 24.6 Å². The molecule has 1 aliphatic heterocycles. The molecule has 0 aliphatic carbocycles. The average Bonchev–Trinajstić information content (AvgIpc) is 2.59. The van der Waals surface area contributed by atoms with Crippen molar-refractivity contribution in [3.8, 4) is 0 Å². The van der Waals surface area contributed by atoms with Crippen LogP contribution in [0.15, 0.2) is 18.2 Å². The standard InChI is InChI=1S/C13H18N2O4S/c1-19-13(16)11-9-10(3-4-12(11)14)15-5-2-7-20(17,18)8-6-15/h3-4,9H,2,5-8,14H2,1H3. The number of carbonyl (C=O) groups is 1. The normalized spacial score (nSPS) is 18.4. The number of esters is 1. The van der Waals surface area contributed by atoms with E-state index >= 15 is 0 Å². The molecule has 1 aromatic carbocycles. The first-order valence-corrected chi connectivity index (χ1v) is 8.18. The molecule has 0 bridgehead atoms. The molecule has 1 heterocycles. The SMILES string of the molecule is COC(=O)c1cc(N2CCCS(=O)(=O)CC2)ccc1N. The summed E-state index contributed by atoms with van der Waals surface area (Å²) in [7, 11) is -1.66. The molecule has 0 saturated carbocycles. The van der Waals surface area contributed by atoms with Gasteiger partial charge >= 0.3 is 5.97 Å². The molecule has 1 aromatic rings. The summed E-state index contributed by atoms with van der Waals surface area (Å²) in [5.74, 6) is -0.153. The van der Waals surface area contributed by atoms with E-state index in [1.165, 1.54) is 7.11 Å². The number of nitrogens with two attached hydrogens (primary N) is 1. The summed E-state index contributed by atoms with van der Waals surface area (Å²) in [4.78, 5) is 13.6. The van der Waals surface area contributed by atoms with Crippen LogP contribution < -0.4 is 10.6 Å². The molecule has 0 atom stereocenters. The lowest BCUT2D eigenvalue weighted by atomic mass is 10.1. The number of methoxy groups -OCH3 is 1. The van der Waals surface area contributed by atoms with Gasteiger partial charge in [-0.15, -0.1) is 0 Å². The predicted molar refractivity (Wildman–Crippen MR) is 77.7 cm³/mol. The highest BCUT2D eigenvalue weighted by molar-refractivity contribution is 7.91. The maximum Gasteiger partial charge on any atom is 0.340 e. The first kappa shape index (κ1) is 14.6. The van der Waals surface area contributed by atoms with Crippen molar-refractivity contribution in [3.63, 3.8) is 0 Å². The van der Waals surface area contributed by atoms with Gasteiger partial charge in [-0.3, -0.25) is 0 Å². The lowest BCUT2D eigenvalue weighted by molar-refractivity contribution is 0.0602. The lowest BCUT2D eigenvalue weighted by Gasteiger charge is -2.22. The van der Waals surface area contributed by atoms with Crippen LogP contribution in [-0.2, 0) is 14.6 Å². The van der Waals surface area contributed by atoms with Gasteiger partial charge in [-0.25, -0.2) is 13.2 Å². The topological polar surface area (TPSA) is 89.7 Å². The van der Waals surface area contributed by atoms with Crippen molar-refractivity contribution in [1.29, 1.82) is 0 Å². The molecule has 110 valence electrons. The number of benzene rings is 1. The minimum Gasteiger partial charge on any atom is -0.465 e. The molecule has 0 amide bonds. The van der Waals surface area contributed by atoms with E-state index < -0.39 is 15.8 Å². The fourth-order valence-corrected chi connectivity index (χ4v) is 3.50. The maximum absolute atomic E-state index is 11.6. The number of nitrogens with zero attached hydrogens (tertiary/aromatic N) is 1. The highest BCUT2D eigenvalue weighted by atomic mass is 32.2. The second kappa shape index (κ2) is 5.70. The summed E-state index contributed by atoms with van der Waals surface area (Å²) < 4.78 is 27.9. The van der Waals surface area contributed by atoms with Crippen LogP contribution >= 0.6 is 0 Å². The molecule has 0 aromatic heterocycles. The van der Waals surface area contributed by atoms with Gasteiger partial charge < -0.3 is 15.4 Å². The van der Waals surface area contributed by atoms with E-state index in [1.54, 1.807) is 18.2 Å². The zero-order valence-electron chi connectivity index (χ0n) is 11.3. The van der Waals surface area contributed by atoms with E-state index in [1.807, 2.05) is 4.90 Å². The number of hydrogen-bond acceptors (Lipinski definition) is 6. The fourth-order valence-electron chi connectivity index (χ4n) is 2.22. The molecule has 0 spiro atoms. The molecular formula is C13H18N2O4S. The molecule has 1 aliphatic rings. The maximum atomic E-state index is 11.6. The third-order valence-corrected chi connectivity index (χ3v) is 5.08. The third kappa shape index (κ3) is 3.22. The Morgan fingerprint density at radius 2 is 2.05 bits per heavy atom. The van der Waals surface area contributed by atoms with E-state index in [9.17, 15) is 13.2 Å². The Morgan fingerprint density at radius 1 is 1.30 bits per heavy atom. The number of sulfone groups is 1. The van der Waals surface area contributed by atoms with Gasteiger partial charge in [0.15, 0.2) is 9.84 Å². The summed E-state index contributed by atoms with van der Waals surface area (Å²) in [6.07, 6.45) is 0.584. The Bertz CT molecular complexity index is 613. The highest BCUT2D eigenvalue weighted by Gasteiger charge is 2.20. The number of anilines is 2. The van der Waals surface area contributed by atoms with Crippen LogP contribution in [-0.4, -0.2) is 46.1 Å². The molecule has 2 N–H and O–H groups in total. The Morgan fingerprint density at radius 3 is 2.75 bits per heavy atom. The Kier molecular flexibility index (Phi) is 4.17. The van der Waals surface area contributed by atoms with Crippen molar-refractivity contribution >= 4 is 27.2 Å². The molecule has 2 rings (SSSR count). The molecule has 0 radical (unpaired) electrons. The van der Waals surface area contributed by atoms with Crippen molar-refractivity contribution in [2.75, 3.05) is 42.3 Å². The largest absolute Gasteiger partial charge is 0.465 e. The summed E-state index contributed by atoms with van der Waals surface area (Å²) in [6.45, 7) is 1.07. The number of rotatable bonds is 2. The van der Waals surface area contributed by atoms with Gasteiger partial charge in [0.2, 0.25) is 0 Å². The van der Waals surface area contributed by atoms with E-state index in [4.69, 9.17) is 5.73 Å². The summed E-state index contributed by atoms with van der Waals surface area (Å²) in [5, 5.41) is 0. The fraction of sp³-hybridized carbons (Fsp3) is 0.462. The first-order chi connectivity index (χ1) is 9.43. The van der Waals surface area contributed by atoms with Crippen LogP contribution in [0.25, 0.3) is 0 Å². The van der Waals surface area contributed by atoms with Gasteiger partial charge in [-0.2, -0.15) is 0 Å². The molecule has 1 fully saturated rings. The first-order valence-electron chi connectivity index (χ1n) is 6.36. The molecule has 20 heavy (non-hydrogen) atoms. The van der Waals surface area contributed by atoms with Crippen LogP contribution in [0.4, 0.5) is 11.4 Å². The Labute approximate surface area is 118 Å². The zero-order valence-corrected chi connectivity index (χ0v) is 12.1. The Hall–Kier alpha value is -1.76.